The van der Waals surface area contributed by atoms with E-state index >= 15 is 0 Å². The van der Waals surface area contributed by atoms with E-state index in [0.29, 0.717) is 0 Å². The van der Waals surface area contributed by atoms with Crippen LogP contribution in [0.15, 0.2) is 30.3 Å². The number of rotatable bonds is 0. The fourth-order valence-electron chi connectivity index (χ4n) is 1.87. The van der Waals surface area contributed by atoms with Gasteiger partial charge in [0.2, 0.25) is 0 Å². The summed E-state index contributed by atoms with van der Waals surface area (Å²) in [6.07, 6.45) is 2.82. The summed E-state index contributed by atoms with van der Waals surface area (Å²) < 4.78 is 0. The van der Waals surface area contributed by atoms with Gasteiger partial charge in [-0.1, -0.05) is 30.3 Å². The quantitative estimate of drug-likeness (QED) is 0.641. The Labute approximate surface area is 78.7 Å². The molecule has 1 nitrogen and oxygen atoms in total. The van der Waals surface area contributed by atoms with Crippen LogP contribution in [0.1, 0.15) is 31.4 Å². The van der Waals surface area contributed by atoms with E-state index < -0.39 is 5.60 Å². The minimum atomic E-state index is -0.684. The summed E-state index contributed by atoms with van der Waals surface area (Å²) >= 11 is 0. The van der Waals surface area contributed by atoms with Crippen molar-refractivity contribution in [1.82, 2.24) is 0 Å². The molecule has 0 aliphatic heterocycles. The van der Waals surface area contributed by atoms with E-state index in [4.69, 9.17) is 0 Å². The second-order valence-electron chi connectivity index (χ2n) is 3.91. The van der Waals surface area contributed by atoms with Crippen LogP contribution < -0.4 is 0 Å². The SMILES string of the molecule is CC1=CC[C@@](C)(O)c2ccccc21. The van der Waals surface area contributed by atoms with Crippen LogP contribution in [0.3, 0.4) is 0 Å². The molecule has 1 aliphatic carbocycles. The zero-order valence-corrected chi connectivity index (χ0v) is 8.04. The molecular formula is C12H14O. The van der Waals surface area contributed by atoms with Crippen molar-refractivity contribution in [2.45, 2.75) is 25.9 Å². The van der Waals surface area contributed by atoms with Crippen molar-refractivity contribution in [3.05, 3.63) is 41.5 Å². The molecule has 0 heterocycles. The average molecular weight is 174 g/mol. The molecule has 1 N–H and O–H groups in total. The van der Waals surface area contributed by atoms with Gasteiger partial charge in [0.05, 0.1) is 5.60 Å². The second kappa shape index (κ2) is 2.71. The molecule has 0 radical (unpaired) electrons. The summed E-state index contributed by atoms with van der Waals surface area (Å²) in [5.74, 6) is 0. The van der Waals surface area contributed by atoms with Crippen LogP contribution >= 0.6 is 0 Å². The third-order valence-corrected chi connectivity index (χ3v) is 2.74. The first-order chi connectivity index (χ1) is 6.11. The van der Waals surface area contributed by atoms with E-state index in [9.17, 15) is 5.11 Å². The molecule has 2 rings (SSSR count). The first-order valence-corrected chi connectivity index (χ1v) is 4.60. The largest absolute Gasteiger partial charge is 0.385 e. The van der Waals surface area contributed by atoms with Crippen LogP contribution in [-0.2, 0) is 5.60 Å². The molecule has 0 bridgehead atoms. The lowest BCUT2D eigenvalue weighted by atomic mass is 9.81. The molecule has 0 unspecified atom stereocenters. The van der Waals surface area contributed by atoms with Crippen molar-refractivity contribution in [2.75, 3.05) is 0 Å². The van der Waals surface area contributed by atoms with E-state index in [1.165, 1.54) is 11.1 Å². The van der Waals surface area contributed by atoms with Gasteiger partial charge >= 0.3 is 0 Å². The molecule has 68 valence electrons. The number of fused-ring (bicyclic) bond motifs is 1. The average Bonchev–Trinajstić information content (AvgIpc) is 2.13. The number of aliphatic hydroxyl groups is 1. The zero-order chi connectivity index (χ0) is 9.47. The van der Waals surface area contributed by atoms with Gasteiger partial charge in [-0.3, -0.25) is 0 Å². The maximum Gasteiger partial charge on any atom is 0.0908 e. The standard InChI is InChI=1S/C12H14O/c1-9-7-8-12(2,13)11-6-4-3-5-10(9)11/h3-7,13H,8H2,1-2H3/t12-/m1/s1. The fourth-order valence-corrected chi connectivity index (χ4v) is 1.87. The topological polar surface area (TPSA) is 20.2 Å². The van der Waals surface area contributed by atoms with Gasteiger partial charge in [0.15, 0.2) is 0 Å². The van der Waals surface area contributed by atoms with Gasteiger partial charge in [-0.2, -0.15) is 0 Å². The predicted octanol–water partition coefficient (Wildman–Crippen LogP) is 2.70. The molecule has 0 spiro atoms. The summed E-state index contributed by atoms with van der Waals surface area (Å²) in [6, 6.07) is 8.06. The smallest absolute Gasteiger partial charge is 0.0908 e. The summed E-state index contributed by atoms with van der Waals surface area (Å²) in [6.45, 7) is 3.96. The van der Waals surface area contributed by atoms with Crippen molar-refractivity contribution in [3.8, 4) is 0 Å². The Hall–Kier alpha value is -1.08. The molecular weight excluding hydrogens is 160 g/mol. The highest BCUT2D eigenvalue weighted by molar-refractivity contribution is 5.69. The lowest BCUT2D eigenvalue weighted by Gasteiger charge is -2.29. The summed E-state index contributed by atoms with van der Waals surface area (Å²) in [5, 5.41) is 10.1. The molecule has 1 aromatic rings. The van der Waals surface area contributed by atoms with Crippen molar-refractivity contribution >= 4 is 5.57 Å². The van der Waals surface area contributed by atoms with Gasteiger partial charge < -0.3 is 5.11 Å². The van der Waals surface area contributed by atoms with E-state index in [1.807, 2.05) is 25.1 Å². The van der Waals surface area contributed by atoms with Crippen LogP contribution in [-0.4, -0.2) is 5.11 Å². The fraction of sp³-hybridized carbons (Fsp3) is 0.333. The predicted molar refractivity (Wildman–Crippen MR) is 54.3 cm³/mol. The van der Waals surface area contributed by atoms with E-state index in [-0.39, 0.29) is 0 Å². The van der Waals surface area contributed by atoms with Crippen LogP contribution in [0, 0.1) is 0 Å². The molecule has 0 saturated carbocycles. The molecule has 0 aromatic heterocycles. The van der Waals surface area contributed by atoms with E-state index in [0.717, 1.165) is 12.0 Å². The normalized spacial score (nSPS) is 26.5. The highest BCUT2D eigenvalue weighted by atomic mass is 16.3. The van der Waals surface area contributed by atoms with Gasteiger partial charge in [0, 0.05) is 0 Å². The lowest BCUT2D eigenvalue weighted by Crippen LogP contribution is -2.24. The Kier molecular flexibility index (Phi) is 1.77. The van der Waals surface area contributed by atoms with Crippen molar-refractivity contribution in [3.63, 3.8) is 0 Å². The van der Waals surface area contributed by atoms with Gasteiger partial charge in [-0.25, -0.2) is 0 Å². The van der Waals surface area contributed by atoms with Crippen molar-refractivity contribution in [1.29, 1.82) is 0 Å². The van der Waals surface area contributed by atoms with Crippen LogP contribution in [0.2, 0.25) is 0 Å². The minimum Gasteiger partial charge on any atom is -0.385 e. The van der Waals surface area contributed by atoms with Gasteiger partial charge in [0.25, 0.3) is 0 Å². The Morgan fingerprint density at radius 1 is 1.31 bits per heavy atom. The van der Waals surface area contributed by atoms with Crippen molar-refractivity contribution in [2.24, 2.45) is 0 Å². The van der Waals surface area contributed by atoms with Gasteiger partial charge in [-0.05, 0) is 37.0 Å². The molecule has 1 atom stereocenters. The summed E-state index contributed by atoms with van der Waals surface area (Å²) in [4.78, 5) is 0. The van der Waals surface area contributed by atoms with Crippen LogP contribution in [0.25, 0.3) is 5.57 Å². The van der Waals surface area contributed by atoms with E-state index in [2.05, 4.69) is 19.1 Å². The molecule has 1 aromatic carbocycles. The molecule has 1 aliphatic rings. The van der Waals surface area contributed by atoms with Crippen LogP contribution in [0.5, 0.6) is 0 Å². The number of benzene rings is 1. The Bertz CT molecular complexity index is 361. The number of allylic oxidation sites excluding steroid dienone is 1. The molecule has 0 fully saturated rings. The first kappa shape index (κ1) is 8.52. The zero-order valence-electron chi connectivity index (χ0n) is 8.04. The minimum absolute atomic E-state index is 0.684. The summed E-state index contributed by atoms with van der Waals surface area (Å²) in [7, 11) is 0. The Morgan fingerprint density at radius 2 is 2.00 bits per heavy atom. The molecule has 0 amide bonds. The second-order valence-corrected chi connectivity index (χ2v) is 3.91. The van der Waals surface area contributed by atoms with Gasteiger partial charge in [-0.15, -0.1) is 0 Å². The highest BCUT2D eigenvalue weighted by Crippen LogP contribution is 2.36. The first-order valence-electron chi connectivity index (χ1n) is 4.60. The Morgan fingerprint density at radius 3 is 2.69 bits per heavy atom. The third kappa shape index (κ3) is 1.29. The maximum atomic E-state index is 10.1. The number of hydrogen-bond donors (Lipinski definition) is 1. The number of hydrogen-bond acceptors (Lipinski definition) is 1. The van der Waals surface area contributed by atoms with Crippen molar-refractivity contribution < 1.29 is 5.11 Å². The molecule has 13 heavy (non-hydrogen) atoms. The molecule has 1 heteroatoms. The maximum absolute atomic E-state index is 10.1. The van der Waals surface area contributed by atoms with E-state index in [1.54, 1.807) is 0 Å². The third-order valence-electron chi connectivity index (χ3n) is 2.74. The monoisotopic (exact) mass is 174 g/mol. The highest BCUT2D eigenvalue weighted by Gasteiger charge is 2.27. The molecule has 0 saturated heterocycles. The summed E-state index contributed by atoms with van der Waals surface area (Å²) in [5.41, 5.74) is 2.81. The van der Waals surface area contributed by atoms with Crippen LogP contribution in [0.4, 0.5) is 0 Å². The van der Waals surface area contributed by atoms with Gasteiger partial charge in [0.1, 0.15) is 0 Å². The lowest BCUT2D eigenvalue weighted by molar-refractivity contribution is 0.0589. The Balaban J connectivity index is 2.64.